The van der Waals surface area contributed by atoms with Gasteiger partial charge in [-0.3, -0.25) is 10.1 Å². The Bertz CT molecular complexity index is 1470. The van der Waals surface area contributed by atoms with Crippen molar-refractivity contribution < 1.29 is 13.9 Å². The lowest BCUT2D eigenvalue weighted by molar-refractivity contribution is -0.116. The zero-order valence-electron chi connectivity index (χ0n) is 19.7. The summed E-state index contributed by atoms with van der Waals surface area (Å²) in [6.07, 6.45) is 2.28. The Kier molecular flexibility index (Phi) is 6.33. The number of anilines is 1. The standard InChI is InChI=1S/C26H25N5O3S/c1-16(2)17-8-10-18(11-9-17)22-14-27-24(34-22)13-12-23(32)28-25-29-26-31(30-25)20(15-35-26)19-6-4-5-7-21(19)33-3/h4-11,14-16H,12-13H2,1-3H3,(H,28,30,32). The van der Waals surface area contributed by atoms with E-state index in [2.05, 4.69) is 46.4 Å². The van der Waals surface area contributed by atoms with Gasteiger partial charge in [-0.1, -0.05) is 50.2 Å². The number of hydrogen-bond acceptors (Lipinski definition) is 7. The fourth-order valence-corrected chi connectivity index (χ4v) is 4.60. The third-order valence-electron chi connectivity index (χ3n) is 5.70. The van der Waals surface area contributed by atoms with Crippen LogP contribution in [0.1, 0.15) is 37.6 Å². The minimum atomic E-state index is -0.205. The van der Waals surface area contributed by atoms with E-state index >= 15 is 0 Å². The highest BCUT2D eigenvalue weighted by molar-refractivity contribution is 7.15. The van der Waals surface area contributed by atoms with Gasteiger partial charge in [0.05, 0.1) is 19.0 Å². The number of para-hydroxylation sites is 1. The van der Waals surface area contributed by atoms with E-state index in [1.165, 1.54) is 16.9 Å². The van der Waals surface area contributed by atoms with Gasteiger partial charge in [0.2, 0.25) is 16.8 Å². The van der Waals surface area contributed by atoms with Gasteiger partial charge < -0.3 is 9.15 Å². The lowest BCUT2D eigenvalue weighted by atomic mass is 10.0. The SMILES string of the molecule is COc1ccccc1-c1csc2nc(NC(=O)CCc3ncc(-c4ccc(C(C)C)cc4)o3)nn12. The molecule has 0 spiro atoms. The first-order valence-corrected chi connectivity index (χ1v) is 12.2. The maximum Gasteiger partial charge on any atom is 0.250 e. The molecule has 178 valence electrons. The number of amides is 1. The van der Waals surface area contributed by atoms with Gasteiger partial charge >= 0.3 is 0 Å². The summed E-state index contributed by atoms with van der Waals surface area (Å²) in [5, 5.41) is 9.21. The number of methoxy groups -OCH3 is 1. The Hall–Kier alpha value is -3.98. The first kappa shape index (κ1) is 22.8. The number of thiazole rings is 1. The molecule has 0 atom stereocenters. The van der Waals surface area contributed by atoms with E-state index in [0.717, 1.165) is 22.6 Å². The fraction of sp³-hybridized carbons (Fsp3) is 0.231. The molecule has 5 rings (SSSR count). The van der Waals surface area contributed by atoms with Crippen molar-refractivity contribution in [1.82, 2.24) is 19.6 Å². The molecular formula is C26H25N5O3S. The van der Waals surface area contributed by atoms with Crippen LogP contribution in [0, 0.1) is 0 Å². The number of ether oxygens (including phenoxy) is 1. The van der Waals surface area contributed by atoms with Crippen molar-refractivity contribution in [2.24, 2.45) is 0 Å². The van der Waals surface area contributed by atoms with Crippen molar-refractivity contribution in [2.45, 2.75) is 32.6 Å². The number of oxazole rings is 1. The highest BCUT2D eigenvalue weighted by Crippen LogP contribution is 2.32. The third kappa shape index (κ3) is 4.81. The number of benzene rings is 2. The molecule has 0 aliphatic rings. The molecule has 0 fully saturated rings. The molecule has 5 aromatic rings. The molecule has 9 heteroatoms. The maximum absolute atomic E-state index is 12.5. The number of fused-ring (bicyclic) bond motifs is 1. The summed E-state index contributed by atoms with van der Waals surface area (Å²) < 4.78 is 13.0. The molecule has 1 amide bonds. The molecule has 0 saturated heterocycles. The van der Waals surface area contributed by atoms with Crippen LogP contribution in [0.25, 0.3) is 27.5 Å². The van der Waals surface area contributed by atoms with Crippen LogP contribution in [0.4, 0.5) is 5.95 Å². The predicted octanol–water partition coefficient (Wildman–Crippen LogP) is 5.82. The van der Waals surface area contributed by atoms with E-state index in [0.29, 0.717) is 29.0 Å². The zero-order chi connectivity index (χ0) is 24.4. The smallest absolute Gasteiger partial charge is 0.250 e. The number of carbonyl (C=O) groups excluding carboxylic acids is 1. The van der Waals surface area contributed by atoms with Crippen LogP contribution in [-0.4, -0.2) is 32.6 Å². The number of nitrogens with one attached hydrogen (secondary N) is 1. The molecule has 0 aliphatic carbocycles. The van der Waals surface area contributed by atoms with Crippen LogP contribution in [0.2, 0.25) is 0 Å². The molecule has 3 aromatic heterocycles. The lowest BCUT2D eigenvalue weighted by Gasteiger charge is -2.06. The van der Waals surface area contributed by atoms with E-state index in [9.17, 15) is 4.79 Å². The minimum Gasteiger partial charge on any atom is -0.496 e. The van der Waals surface area contributed by atoms with Gasteiger partial charge in [-0.15, -0.1) is 16.4 Å². The van der Waals surface area contributed by atoms with E-state index in [-0.39, 0.29) is 18.3 Å². The fourth-order valence-electron chi connectivity index (χ4n) is 3.78. The van der Waals surface area contributed by atoms with Gasteiger partial charge in [-0.25, -0.2) is 9.50 Å². The van der Waals surface area contributed by atoms with Crippen LogP contribution >= 0.6 is 11.3 Å². The summed E-state index contributed by atoms with van der Waals surface area (Å²) in [7, 11) is 1.63. The summed E-state index contributed by atoms with van der Waals surface area (Å²) in [5.74, 6) is 2.48. The van der Waals surface area contributed by atoms with Gasteiger partial charge in [0, 0.05) is 29.3 Å². The van der Waals surface area contributed by atoms with Gasteiger partial charge in [0.25, 0.3) is 0 Å². The first-order chi connectivity index (χ1) is 17.0. The monoisotopic (exact) mass is 487 g/mol. The predicted molar refractivity (Wildman–Crippen MR) is 136 cm³/mol. The van der Waals surface area contributed by atoms with E-state index in [1.54, 1.807) is 17.8 Å². The van der Waals surface area contributed by atoms with Crippen molar-refractivity contribution in [3.8, 4) is 28.3 Å². The normalized spacial score (nSPS) is 11.3. The molecule has 0 saturated carbocycles. The largest absolute Gasteiger partial charge is 0.496 e. The second-order valence-electron chi connectivity index (χ2n) is 8.39. The van der Waals surface area contributed by atoms with Crippen LogP contribution in [0.5, 0.6) is 5.75 Å². The number of nitrogens with zero attached hydrogens (tertiary/aromatic N) is 4. The molecule has 0 radical (unpaired) electrons. The minimum absolute atomic E-state index is 0.205. The van der Waals surface area contributed by atoms with E-state index in [1.807, 2.05) is 41.8 Å². The quantitative estimate of drug-likeness (QED) is 0.297. The van der Waals surface area contributed by atoms with E-state index in [4.69, 9.17) is 9.15 Å². The molecule has 35 heavy (non-hydrogen) atoms. The average molecular weight is 488 g/mol. The van der Waals surface area contributed by atoms with Crippen molar-refractivity contribution in [1.29, 1.82) is 0 Å². The average Bonchev–Trinajstić information content (AvgIpc) is 3.59. The van der Waals surface area contributed by atoms with E-state index < -0.39 is 0 Å². The molecular weight excluding hydrogens is 462 g/mol. The number of rotatable bonds is 8. The Balaban J connectivity index is 1.23. The maximum atomic E-state index is 12.5. The molecule has 2 aromatic carbocycles. The molecule has 1 N–H and O–H groups in total. The second-order valence-corrected chi connectivity index (χ2v) is 9.23. The number of hydrogen-bond donors (Lipinski definition) is 1. The zero-order valence-corrected chi connectivity index (χ0v) is 20.5. The second kappa shape index (κ2) is 9.71. The first-order valence-electron chi connectivity index (χ1n) is 11.3. The van der Waals surface area contributed by atoms with Crippen molar-refractivity contribution in [3.63, 3.8) is 0 Å². The van der Waals surface area contributed by atoms with Gasteiger partial charge in [-0.05, 0) is 23.6 Å². The highest BCUT2D eigenvalue weighted by atomic mass is 32.1. The Morgan fingerprint density at radius 3 is 2.74 bits per heavy atom. The number of aryl methyl sites for hydroxylation is 1. The number of carbonyl (C=O) groups is 1. The van der Waals surface area contributed by atoms with Crippen molar-refractivity contribution in [3.05, 3.63) is 71.6 Å². The van der Waals surface area contributed by atoms with Crippen LogP contribution in [0.15, 0.2) is 64.5 Å². The Morgan fingerprint density at radius 1 is 1.17 bits per heavy atom. The van der Waals surface area contributed by atoms with Gasteiger partial charge in [0.1, 0.15) is 5.75 Å². The van der Waals surface area contributed by atoms with Crippen LogP contribution in [-0.2, 0) is 11.2 Å². The van der Waals surface area contributed by atoms with Crippen molar-refractivity contribution >= 4 is 28.2 Å². The summed E-state index contributed by atoms with van der Waals surface area (Å²) >= 11 is 1.45. The summed E-state index contributed by atoms with van der Waals surface area (Å²) in [6, 6.07) is 16.0. The summed E-state index contributed by atoms with van der Waals surface area (Å²) in [5.41, 5.74) is 3.99. The number of aromatic nitrogens is 4. The summed E-state index contributed by atoms with van der Waals surface area (Å²) in [4.78, 5) is 22.0. The third-order valence-corrected chi connectivity index (χ3v) is 6.51. The van der Waals surface area contributed by atoms with Crippen LogP contribution in [0.3, 0.4) is 0 Å². The molecule has 3 heterocycles. The topological polar surface area (TPSA) is 94.5 Å². The Morgan fingerprint density at radius 2 is 1.97 bits per heavy atom. The highest BCUT2D eigenvalue weighted by Gasteiger charge is 2.16. The lowest BCUT2D eigenvalue weighted by Crippen LogP contribution is -2.13. The van der Waals surface area contributed by atoms with Gasteiger partial charge in [-0.2, -0.15) is 4.98 Å². The molecule has 0 aliphatic heterocycles. The molecule has 0 bridgehead atoms. The molecule has 0 unspecified atom stereocenters. The van der Waals surface area contributed by atoms with Crippen molar-refractivity contribution in [2.75, 3.05) is 12.4 Å². The Labute approximate surface area is 206 Å². The summed E-state index contributed by atoms with van der Waals surface area (Å²) in [6.45, 7) is 4.32. The molecule has 8 nitrogen and oxygen atoms in total. The van der Waals surface area contributed by atoms with Gasteiger partial charge in [0.15, 0.2) is 11.7 Å². The van der Waals surface area contributed by atoms with Crippen LogP contribution < -0.4 is 10.1 Å².